The molecule has 0 unspecified atom stereocenters. The van der Waals surface area contributed by atoms with Crippen molar-refractivity contribution in [3.63, 3.8) is 0 Å². The summed E-state index contributed by atoms with van der Waals surface area (Å²) in [6, 6.07) is 9.82. The summed E-state index contributed by atoms with van der Waals surface area (Å²) in [6.07, 6.45) is 5.62. The molecule has 1 N–H and O–H groups in total. The van der Waals surface area contributed by atoms with Crippen molar-refractivity contribution in [2.75, 3.05) is 13.1 Å². The second kappa shape index (κ2) is 7.92. The van der Waals surface area contributed by atoms with Crippen molar-refractivity contribution in [2.45, 2.75) is 31.7 Å². The summed E-state index contributed by atoms with van der Waals surface area (Å²) in [4.78, 5) is 31.0. The summed E-state index contributed by atoms with van der Waals surface area (Å²) < 4.78 is 6.13. The van der Waals surface area contributed by atoms with Crippen molar-refractivity contribution in [1.29, 1.82) is 0 Å². The molecule has 0 saturated carbocycles. The third kappa shape index (κ3) is 4.19. The average Bonchev–Trinajstić information content (AvgIpc) is 3.36. The SMILES string of the molecule is O=C(CCc1nc2ccccc2s1)NC1CCN(C(=O)c2ccoc2)CC1. The summed E-state index contributed by atoms with van der Waals surface area (Å²) in [5, 5.41) is 4.09. The van der Waals surface area contributed by atoms with E-state index in [9.17, 15) is 9.59 Å². The van der Waals surface area contributed by atoms with Gasteiger partial charge in [0.2, 0.25) is 5.91 Å². The molecule has 0 atom stereocenters. The van der Waals surface area contributed by atoms with Crippen LogP contribution in [0.2, 0.25) is 0 Å². The number of furan rings is 1. The van der Waals surface area contributed by atoms with Gasteiger partial charge in [-0.1, -0.05) is 12.1 Å². The summed E-state index contributed by atoms with van der Waals surface area (Å²) >= 11 is 1.64. The molecule has 7 heteroatoms. The van der Waals surface area contributed by atoms with Gasteiger partial charge in [-0.2, -0.15) is 0 Å². The Morgan fingerprint density at radius 1 is 1.22 bits per heavy atom. The second-order valence-electron chi connectivity index (χ2n) is 6.72. The zero-order valence-electron chi connectivity index (χ0n) is 14.9. The van der Waals surface area contributed by atoms with Gasteiger partial charge in [-0.25, -0.2) is 4.98 Å². The molecular formula is C20H21N3O3S. The maximum absolute atomic E-state index is 12.3. The largest absolute Gasteiger partial charge is 0.472 e. The van der Waals surface area contributed by atoms with Gasteiger partial charge >= 0.3 is 0 Å². The standard InChI is InChI=1S/C20H21N3O3S/c24-18(5-6-19-22-16-3-1-2-4-17(16)27-19)21-15-7-10-23(11-8-15)20(25)14-9-12-26-13-14/h1-4,9,12-13,15H,5-8,10-11H2,(H,21,24). The molecule has 27 heavy (non-hydrogen) atoms. The van der Waals surface area contributed by atoms with Crippen LogP contribution in [0.5, 0.6) is 0 Å². The number of rotatable bonds is 5. The normalized spacial score (nSPS) is 15.2. The van der Waals surface area contributed by atoms with Crippen molar-refractivity contribution in [3.05, 3.63) is 53.4 Å². The zero-order chi connectivity index (χ0) is 18.6. The van der Waals surface area contributed by atoms with Crippen LogP contribution >= 0.6 is 11.3 Å². The molecule has 2 amide bonds. The minimum absolute atomic E-state index is 0.00985. The van der Waals surface area contributed by atoms with E-state index >= 15 is 0 Å². The fourth-order valence-corrected chi connectivity index (χ4v) is 4.31. The van der Waals surface area contributed by atoms with E-state index in [0.29, 0.717) is 31.5 Å². The molecule has 1 saturated heterocycles. The maximum atomic E-state index is 12.3. The van der Waals surface area contributed by atoms with Gasteiger partial charge in [-0.05, 0) is 31.0 Å². The second-order valence-corrected chi connectivity index (χ2v) is 7.84. The highest BCUT2D eigenvalue weighted by molar-refractivity contribution is 7.18. The Bertz CT molecular complexity index is 894. The van der Waals surface area contributed by atoms with Crippen LogP contribution in [0, 0.1) is 0 Å². The number of hydrogen-bond donors (Lipinski definition) is 1. The third-order valence-electron chi connectivity index (χ3n) is 4.82. The Morgan fingerprint density at radius 2 is 2.04 bits per heavy atom. The fraction of sp³-hybridized carbons (Fsp3) is 0.350. The van der Waals surface area contributed by atoms with E-state index in [4.69, 9.17) is 4.42 Å². The van der Waals surface area contributed by atoms with E-state index in [-0.39, 0.29) is 17.9 Å². The van der Waals surface area contributed by atoms with Gasteiger partial charge in [0.05, 0.1) is 27.1 Å². The molecule has 3 aromatic rings. The number of thiazole rings is 1. The number of fused-ring (bicyclic) bond motifs is 1. The quantitative estimate of drug-likeness (QED) is 0.734. The molecular weight excluding hydrogens is 362 g/mol. The third-order valence-corrected chi connectivity index (χ3v) is 5.92. The Kier molecular flexibility index (Phi) is 5.20. The van der Waals surface area contributed by atoms with Crippen LogP contribution in [-0.4, -0.2) is 40.8 Å². The van der Waals surface area contributed by atoms with Gasteiger partial charge in [0.25, 0.3) is 5.91 Å². The number of likely N-dealkylation sites (tertiary alicyclic amines) is 1. The Balaban J connectivity index is 1.23. The molecule has 0 aliphatic carbocycles. The molecule has 6 nitrogen and oxygen atoms in total. The number of amides is 2. The minimum Gasteiger partial charge on any atom is -0.472 e. The van der Waals surface area contributed by atoms with E-state index in [2.05, 4.69) is 16.4 Å². The van der Waals surface area contributed by atoms with Crippen molar-refractivity contribution < 1.29 is 14.0 Å². The number of hydrogen-bond acceptors (Lipinski definition) is 5. The Labute approximate surface area is 161 Å². The Morgan fingerprint density at radius 3 is 2.78 bits per heavy atom. The predicted octanol–water partition coefficient (Wildman–Crippen LogP) is 3.24. The first-order valence-corrected chi connectivity index (χ1v) is 9.96. The molecule has 1 aliphatic rings. The topological polar surface area (TPSA) is 75.4 Å². The summed E-state index contributed by atoms with van der Waals surface area (Å²) in [7, 11) is 0. The molecule has 1 aliphatic heterocycles. The van der Waals surface area contributed by atoms with Gasteiger partial charge in [-0.15, -0.1) is 11.3 Å². The van der Waals surface area contributed by atoms with Crippen LogP contribution < -0.4 is 5.32 Å². The first-order chi connectivity index (χ1) is 13.2. The molecule has 3 heterocycles. The lowest BCUT2D eigenvalue weighted by Gasteiger charge is -2.32. The van der Waals surface area contributed by atoms with Gasteiger partial charge in [0.1, 0.15) is 6.26 Å². The van der Waals surface area contributed by atoms with Gasteiger partial charge in [-0.3, -0.25) is 9.59 Å². The van der Waals surface area contributed by atoms with Crippen molar-refractivity contribution >= 4 is 33.4 Å². The van der Waals surface area contributed by atoms with Crippen LogP contribution in [0.1, 0.15) is 34.6 Å². The fourth-order valence-electron chi connectivity index (χ4n) is 3.34. The highest BCUT2D eigenvalue weighted by Crippen LogP contribution is 2.22. The molecule has 0 bridgehead atoms. The van der Waals surface area contributed by atoms with Gasteiger partial charge < -0.3 is 14.6 Å². The van der Waals surface area contributed by atoms with Crippen LogP contribution in [0.4, 0.5) is 0 Å². The molecule has 0 radical (unpaired) electrons. The van der Waals surface area contributed by atoms with E-state index in [0.717, 1.165) is 28.1 Å². The molecule has 140 valence electrons. The van der Waals surface area contributed by atoms with Crippen molar-refractivity contribution in [3.8, 4) is 0 Å². The zero-order valence-corrected chi connectivity index (χ0v) is 15.7. The number of aromatic nitrogens is 1. The summed E-state index contributed by atoms with van der Waals surface area (Å²) in [5.74, 6) is 0.0400. The number of aryl methyl sites for hydroxylation is 1. The van der Waals surface area contributed by atoms with Crippen molar-refractivity contribution in [1.82, 2.24) is 15.2 Å². The van der Waals surface area contributed by atoms with Crippen molar-refractivity contribution in [2.24, 2.45) is 0 Å². The number of piperidine rings is 1. The predicted molar refractivity (Wildman–Crippen MR) is 104 cm³/mol. The highest BCUT2D eigenvalue weighted by Gasteiger charge is 2.25. The number of para-hydroxylation sites is 1. The number of benzene rings is 1. The minimum atomic E-state index is -0.00985. The maximum Gasteiger partial charge on any atom is 0.257 e. The Hall–Kier alpha value is -2.67. The number of carbonyl (C=O) groups is 2. The van der Waals surface area contributed by atoms with E-state index < -0.39 is 0 Å². The van der Waals surface area contributed by atoms with Gasteiger partial charge in [0, 0.05) is 32.0 Å². The van der Waals surface area contributed by atoms with Crippen LogP contribution in [0.3, 0.4) is 0 Å². The van der Waals surface area contributed by atoms with E-state index in [1.807, 2.05) is 23.1 Å². The van der Waals surface area contributed by atoms with Crippen LogP contribution in [0.25, 0.3) is 10.2 Å². The summed E-state index contributed by atoms with van der Waals surface area (Å²) in [5.41, 5.74) is 1.57. The molecule has 0 spiro atoms. The first kappa shape index (κ1) is 17.7. The molecule has 2 aromatic heterocycles. The molecule has 4 rings (SSSR count). The number of nitrogens with zero attached hydrogens (tertiary/aromatic N) is 2. The van der Waals surface area contributed by atoms with Crippen LogP contribution in [-0.2, 0) is 11.2 Å². The van der Waals surface area contributed by atoms with Crippen LogP contribution in [0.15, 0.2) is 47.3 Å². The lowest BCUT2D eigenvalue weighted by molar-refractivity contribution is -0.122. The number of nitrogens with one attached hydrogen (secondary N) is 1. The lowest BCUT2D eigenvalue weighted by Crippen LogP contribution is -2.46. The van der Waals surface area contributed by atoms with E-state index in [1.54, 1.807) is 17.4 Å². The average molecular weight is 383 g/mol. The smallest absolute Gasteiger partial charge is 0.257 e. The lowest BCUT2D eigenvalue weighted by atomic mass is 10.0. The highest BCUT2D eigenvalue weighted by atomic mass is 32.1. The summed E-state index contributed by atoms with van der Waals surface area (Å²) in [6.45, 7) is 1.29. The monoisotopic (exact) mass is 383 g/mol. The van der Waals surface area contributed by atoms with Gasteiger partial charge in [0.15, 0.2) is 0 Å². The molecule has 1 aromatic carbocycles. The number of carbonyl (C=O) groups excluding carboxylic acids is 2. The van der Waals surface area contributed by atoms with E-state index in [1.165, 1.54) is 12.5 Å². The molecule has 1 fully saturated rings. The first-order valence-electron chi connectivity index (χ1n) is 9.14.